The van der Waals surface area contributed by atoms with Crippen molar-refractivity contribution in [1.29, 1.82) is 0 Å². The molecule has 2 heterocycles. The standard InChI is InChI=1S/C19H22N6/c1-2-3-8-18-20-16-6-4-5-7-17(16)25(18)13-14-9-11-15(12-10-14)19-21-23-24-22-19/h4-7,9-12,23-24H,2-3,8,13H2,1H3,(H,21,22). The van der Waals surface area contributed by atoms with Crippen LogP contribution in [0.3, 0.4) is 0 Å². The number of amidine groups is 1. The number of nitrogens with one attached hydrogen (secondary N) is 3. The van der Waals surface area contributed by atoms with Gasteiger partial charge in [-0.25, -0.2) is 10.5 Å². The zero-order valence-electron chi connectivity index (χ0n) is 14.3. The van der Waals surface area contributed by atoms with Crippen LogP contribution in [0.15, 0.2) is 53.6 Å². The fourth-order valence-electron chi connectivity index (χ4n) is 3.11. The normalized spacial score (nSPS) is 13.6. The average molecular weight is 334 g/mol. The molecule has 4 rings (SSSR count). The number of imidazole rings is 1. The first-order valence-corrected chi connectivity index (χ1v) is 8.72. The molecule has 1 aliphatic heterocycles. The van der Waals surface area contributed by atoms with Crippen LogP contribution >= 0.6 is 0 Å². The Kier molecular flexibility index (Phi) is 4.35. The second-order valence-corrected chi connectivity index (χ2v) is 6.23. The van der Waals surface area contributed by atoms with E-state index in [1.165, 1.54) is 23.3 Å². The third-order valence-corrected chi connectivity index (χ3v) is 4.46. The highest BCUT2D eigenvalue weighted by molar-refractivity contribution is 5.98. The van der Waals surface area contributed by atoms with E-state index in [0.29, 0.717) is 0 Å². The molecule has 25 heavy (non-hydrogen) atoms. The lowest BCUT2D eigenvalue weighted by Gasteiger charge is -2.10. The van der Waals surface area contributed by atoms with Gasteiger partial charge in [-0.15, -0.1) is 10.6 Å². The lowest BCUT2D eigenvalue weighted by molar-refractivity contribution is 0.577. The van der Waals surface area contributed by atoms with Gasteiger partial charge in [0.25, 0.3) is 0 Å². The number of hydrazine groups is 2. The molecule has 128 valence electrons. The zero-order chi connectivity index (χ0) is 17.1. The maximum absolute atomic E-state index is 4.84. The second kappa shape index (κ2) is 6.94. The summed E-state index contributed by atoms with van der Waals surface area (Å²) >= 11 is 0. The summed E-state index contributed by atoms with van der Waals surface area (Å²) in [4.78, 5) is 4.84. The van der Waals surface area contributed by atoms with Gasteiger partial charge in [0.05, 0.1) is 11.0 Å². The van der Waals surface area contributed by atoms with Gasteiger partial charge in [-0.05, 0) is 24.1 Å². The number of para-hydroxylation sites is 2. The molecule has 0 unspecified atom stereocenters. The summed E-state index contributed by atoms with van der Waals surface area (Å²) in [5.74, 6) is 1.96. The minimum Gasteiger partial charge on any atom is -0.323 e. The van der Waals surface area contributed by atoms with E-state index in [1.807, 2.05) is 0 Å². The van der Waals surface area contributed by atoms with Gasteiger partial charge < -0.3 is 4.57 Å². The molecular formula is C19H22N6. The number of aromatic nitrogens is 2. The van der Waals surface area contributed by atoms with Gasteiger partial charge in [0.1, 0.15) is 5.82 Å². The number of rotatable bonds is 6. The van der Waals surface area contributed by atoms with E-state index in [0.717, 1.165) is 36.3 Å². The van der Waals surface area contributed by atoms with E-state index in [4.69, 9.17) is 4.98 Å². The van der Waals surface area contributed by atoms with Crippen LogP contribution in [0.1, 0.15) is 36.7 Å². The lowest BCUT2D eigenvalue weighted by atomic mass is 10.1. The van der Waals surface area contributed by atoms with Crippen LogP contribution in [0.2, 0.25) is 0 Å². The molecule has 1 aromatic heterocycles. The smallest absolute Gasteiger partial charge is 0.170 e. The van der Waals surface area contributed by atoms with Gasteiger partial charge in [-0.2, -0.15) is 0 Å². The first-order valence-electron chi connectivity index (χ1n) is 8.72. The Morgan fingerprint density at radius 1 is 1.04 bits per heavy atom. The quantitative estimate of drug-likeness (QED) is 0.648. The van der Waals surface area contributed by atoms with Crippen molar-refractivity contribution in [2.75, 3.05) is 0 Å². The van der Waals surface area contributed by atoms with E-state index in [-0.39, 0.29) is 0 Å². The molecule has 0 aliphatic carbocycles. The highest BCUT2D eigenvalue weighted by Crippen LogP contribution is 2.19. The van der Waals surface area contributed by atoms with Crippen LogP contribution in [0, 0.1) is 0 Å². The van der Waals surface area contributed by atoms with E-state index < -0.39 is 0 Å². The van der Waals surface area contributed by atoms with Gasteiger partial charge in [0.15, 0.2) is 5.84 Å². The van der Waals surface area contributed by atoms with Crippen LogP contribution in [-0.2, 0) is 13.0 Å². The zero-order valence-corrected chi connectivity index (χ0v) is 14.3. The molecule has 0 spiro atoms. The summed E-state index contributed by atoms with van der Waals surface area (Å²) in [5, 5.41) is 4.13. The molecule has 0 saturated heterocycles. The number of fused-ring (bicyclic) bond motifs is 1. The molecule has 0 atom stereocenters. The Morgan fingerprint density at radius 2 is 1.88 bits per heavy atom. The van der Waals surface area contributed by atoms with Crippen molar-refractivity contribution in [3.63, 3.8) is 0 Å². The third-order valence-electron chi connectivity index (χ3n) is 4.46. The first kappa shape index (κ1) is 15.7. The number of nitrogens with zero attached hydrogens (tertiary/aromatic N) is 3. The van der Waals surface area contributed by atoms with E-state index >= 15 is 0 Å². The minimum atomic E-state index is 0.795. The van der Waals surface area contributed by atoms with Crippen LogP contribution in [0.25, 0.3) is 11.0 Å². The molecule has 0 amide bonds. The van der Waals surface area contributed by atoms with Gasteiger partial charge in [0, 0.05) is 18.5 Å². The van der Waals surface area contributed by atoms with Crippen LogP contribution in [0.4, 0.5) is 0 Å². The summed E-state index contributed by atoms with van der Waals surface area (Å²) in [6, 6.07) is 16.8. The Bertz CT molecular complexity index is 894. The number of aryl methyl sites for hydroxylation is 1. The topological polar surface area (TPSA) is 66.3 Å². The molecule has 6 heteroatoms. The molecule has 0 radical (unpaired) electrons. The van der Waals surface area contributed by atoms with Crippen LogP contribution in [0.5, 0.6) is 0 Å². The Balaban J connectivity index is 1.63. The van der Waals surface area contributed by atoms with Crippen molar-refractivity contribution < 1.29 is 0 Å². The fourth-order valence-corrected chi connectivity index (χ4v) is 3.11. The van der Waals surface area contributed by atoms with Crippen LogP contribution < -0.4 is 16.5 Å². The molecule has 0 saturated carbocycles. The number of unbranched alkanes of at least 4 members (excludes halogenated alkanes) is 1. The van der Waals surface area contributed by atoms with Gasteiger partial charge in [-0.3, -0.25) is 5.43 Å². The molecular weight excluding hydrogens is 312 g/mol. The van der Waals surface area contributed by atoms with Crippen molar-refractivity contribution in [3.05, 3.63) is 65.5 Å². The fraction of sp³-hybridized carbons (Fsp3) is 0.263. The summed E-state index contributed by atoms with van der Waals surface area (Å²) in [7, 11) is 0. The molecule has 1 aliphatic rings. The van der Waals surface area contributed by atoms with Crippen molar-refractivity contribution in [3.8, 4) is 0 Å². The predicted molar refractivity (Wildman–Crippen MR) is 99.8 cm³/mol. The summed E-state index contributed by atoms with van der Waals surface area (Å²) < 4.78 is 2.34. The predicted octanol–water partition coefficient (Wildman–Crippen LogP) is 2.70. The monoisotopic (exact) mass is 334 g/mol. The lowest BCUT2D eigenvalue weighted by Crippen LogP contribution is -2.35. The van der Waals surface area contributed by atoms with Crippen molar-refractivity contribution in [1.82, 2.24) is 26.0 Å². The summed E-state index contributed by atoms with van der Waals surface area (Å²) in [5.41, 5.74) is 13.0. The number of hydrogen-bond donors (Lipinski definition) is 3. The van der Waals surface area contributed by atoms with E-state index in [9.17, 15) is 0 Å². The Labute approximate surface area is 146 Å². The Morgan fingerprint density at radius 3 is 2.64 bits per heavy atom. The number of benzene rings is 2. The maximum Gasteiger partial charge on any atom is 0.170 e. The van der Waals surface area contributed by atoms with E-state index in [2.05, 4.69) is 81.6 Å². The summed E-state index contributed by atoms with van der Waals surface area (Å²) in [6.45, 7) is 3.05. The van der Waals surface area contributed by atoms with Gasteiger partial charge >= 0.3 is 0 Å². The van der Waals surface area contributed by atoms with Gasteiger partial charge in [0.2, 0.25) is 0 Å². The van der Waals surface area contributed by atoms with Gasteiger partial charge in [-0.1, -0.05) is 49.7 Å². The minimum absolute atomic E-state index is 0.795. The second-order valence-electron chi connectivity index (χ2n) is 6.23. The highest BCUT2D eigenvalue weighted by Gasteiger charge is 2.11. The van der Waals surface area contributed by atoms with Crippen molar-refractivity contribution in [2.45, 2.75) is 32.7 Å². The molecule has 3 aromatic rings. The SMILES string of the molecule is CCCCc1nc2ccccc2n1Cc1ccc(C2=NNNN2)cc1. The highest BCUT2D eigenvalue weighted by atomic mass is 15.8. The van der Waals surface area contributed by atoms with E-state index in [1.54, 1.807) is 0 Å². The van der Waals surface area contributed by atoms with Crippen molar-refractivity contribution in [2.24, 2.45) is 5.10 Å². The molecule has 0 fully saturated rings. The van der Waals surface area contributed by atoms with Crippen LogP contribution in [-0.4, -0.2) is 15.4 Å². The summed E-state index contributed by atoms with van der Waals surface area (Å²) in [6.07, 6.45) is 3.35. The Hall–Kier alpha value is -2.86. The average Bonchev–Trinajstić information content (AvgIpc) is 3.29. The first-order chi connectivity index (χ1) is 12.3. The number of hydrazone groups is 1. The number of hydrogen-bond acceptors (Lipinski definition) is 5. The maximum atomic E-state index is 4.84. The molecule has 3 N–H and O–H groups in total. The molecule has 6 nitrogen and oxygen atoms in total. The molecule has 2 aromatic carbocycles. The van der Waals surface area contributed by atoms with Crippen molar-refractivity contribution >= 4 is 16.9 Å². The molecule has 0 bridgehead atoms. The largest absolute Gasteiger partial charge is 0.323 e. The third kappa shape index (κ3) is 3.21.